The molecule has 1 aliphatic heterocycles. The molecule has 2 atom stereocenters. The molecule has 1 saturated heterocycles. The topological polar surface area (TPSA) is 42.6 Å². The van der Waals surface area contributed by atoms with Gasteiger partial charge in [0.15, 0.2) is 0 Å². The lowest BCUT2D eigenvalue weighted by Gasteiger charge is -2.25. The molecule has 13 heavy (non-hydrogen) atoms. The summed E-state index contributed by atoms with van der Waals surface area (Å²) in [5, 5.41) is 10.2. The number of hydrogen-bond donors (Lipinski definition) is 1. The summed E-state index contributed by atoms with van der Waals surface area (Å²) >= 11 is 0. The maximum Gasteiger partial charge on any atom is 0.0968 e. The van der Waals surface area contributed by atoms with E-state index in [2.05, 4.69) is 0 Å². The molecule has 0 aliphatic carbocycles. The number of hydrogen-bond acceptors (Lipinski definition) is 3. The Morgan fingerprint density at radius 2 is 2.54 bits per heavy atom. The Bertz CT molecular complexity index is 268. The summed E-state index contributed by atoms with van der Waals surface area (Å²) in [5.41, 5.74) is 0.323. The Morgan fingerprint density at radius 3 is 3.08 bits per heavy atom. The lowest BCUT2D eigenvalue weighted by Crippen LogP contribution is -2.38. The summed E-state index contributed by atoms with van der Waals surface area (Å²) < 4.78 is 10.3. The van der Waals surface area contributed by atoms with E-state index >= 15 is 0 Å². The third-order valence-electron chi connectivity index (χ3n) is 2.75. The van der Waals surface area contributed by atoms with E-state index in [-0.39, 0.29) is 6.10 Å². The van der Waals surface area contributed by atoms with Crippen molar-refractivity contribution < 1.29 is 14.3 Å². The normalized spacial score (nSPS) is 33.8. The first-order valence-corrected chi connectivity index (χ1v) is 4.56. The number of rotatable bonds is 2. The SMILES string of the molecule is CC1OCCC1(O)Cc1ccoc1. The fraction of sp³-hybridized carbons (Fsp3) is 0.600. The van der Waals surface area contributed by atoms with E-state index < -0.39 is 5.60 Å². The van der Waals surface area contributed by atoms with Crippen molar-refractivity contribution in [1.29, 1.82) is 0 Å². The molecule has 1 fully saturated rings. The van der Waals surface area contributed by atoms with Crippen molar-refractivity contribution in [2.75, 3.05) is 6.61 Å². The molecular formula is C10H14O3. The summed E-state index contributed by atoms with van der Waals surface area (Å²) in [5.74, 6) is 0. The van der Waals surface area contributed by atoms with Gasteiger partial charge in [0.2, 0.25) is 0 Å². The van der Waals surface area contributed by atoms with E-state index in [1.54, 1.807) is 12.5 Å². The van der Waals surface area contributed by atoms with E-state index in [4.69, 9.17) is 9.15 Å². The van der Waals surface area contributed by atoms with Crippen molar-refractivity contribution in [3.05, 3.63) is 24.2 Å². The van der Waals surface area contributed by atoms with Crippen LogP contribution < -0.4 is 0 Å². The Balaban J connectivity index is 2.08. The zero-order valence-electron chi connectivity index (χ0n) is 7.69. The summed E-state index contributed by atoms with van der Waals surface area (Å²) in [4.78, 5) is 0. The number of furan rings is 1. The van der Waals surface area contributed by atoms with E-state index in [0.29, 0.717) is 19.4 Å². The van der Waals surface area contributed by atoms with Crippen molar-refractivity contribution in [3.8, 4) is 0 Å². The summed E-state index contributed by atoms with van der Waals surface area (Å²) in [6.07, 6.45) is 4.54. The fourth-order valence-electron chi connectivity index (χ4n) is 1.75. The van der Waals surface area contributed by atoms with Crippen molar-refractivity contribution in [2.24, 2.45) is 0 Å². The van der Waals surface area contributed by atoms with Gasteiger partial charge in [-0.2, -0.15) is 0 Å². The van der Waals surface area contributed by atoms with Gasteiger partial charge in [-0.3, -0.25) is 0 Å². The second-order valence-corrected chi connectivity index (χ2v) is 3.67. The Hall–Kier alpha value is -0.800. The van der Waals surface area contributed by atoms with Gasteiger partial charge in [0.05, 0.1) is 24.2 Å². The van der Waals surface area contributed by atoms with E-state index in [9.17, 15) is 5.11 Å². The zero-order valence-corrected chi connectivity index (χ0v) is 7.69. The van der Waals surface area contributed by atoms with Gasteiger partial charge in [-0.15, -0.1) is 0 Å². The van der Waals surface area contributed by atoms with Crippen LogP contribution in [0.15, 0.2) is 23.0 Å². The smallest absolute Gasteiger partial charge is 0.0968 e. The van der Waals surface area contributed by atoms with Gasteiger partial charge < -0.3 is 14.3 Å². The molecule has 1 aromatic heterocycles. The van der Waals surface area contributed by atoms with Crippen LogP contribution >= 0.6 is 0 Å². The molecule has 0 bridgehead atoms. The van der Waals surface area contributed by atoms with Gasteiger partial charge >= 0.3 is 0 Å². The highest BCUT2D eigenvalue weighted by Crippen LogP contribution is 2.29. The average molecular weight is 182 g/mol. The van der Waals surface area contributed by atoms with Crippen LogP contribution in [-0.2, 0) is 11.2 Å². The lowest BCUT2D eigenvalue weighted by molar-refractivity contribution is -0.0269. The molecular weight excluding hydrogens is 168 g/mol. The van der Waals surface area contributed by atoms with Gasteiger partial charge in [-0.05, 0) is 18.6 Å². The van der Waals surface area contributed by atoms with Gasteiger partial charge in [0, 0.05) is 19.4 Å². The Labute approximate surface area is 77.3 Å². The monoisotopic (exact) mass is 182 g/mol. The van der Waals surface area contributed by atoms with Crippen LogP contribution in [0.1, 0.15) is 18.9 Å². The Kier molecular flexibility index (Phi) is 2.14. The standard InChI is InChI=1S/C10H14O3/c1-8-10(11,3-5-13-8)6-9-2-4-12-7-9/h2,4,7-8,11H,3,5-6H2,1H3. The predicted molar refractivity (Wildman–Crippen MR) is 47.4 cm³/mol. The number of ether oxygens (including phenoxy) is 1. The second-order valence-electron chi connectivity index (χ2n) is 3.67. The van der Waals surface area contributed by atoms with Crippen LogP contribution in [0, 0.1) is 0 Å². The molecule has 1 aromatic rings. The zero-order chi connectivity index (χ0) is 9.31. The molecule has 2 unspecified atom stereocenters. The molecule has 1 N–H and O–H groups in total. The van der Waals surface area contributed by atoms with E-state index in [1.165, 1.54) is 0 Å². The van der Waals surface area contributed by atoms with Crippen molar-refractivity contribution >= 4 is 0 Å². The second kappa shape index (κ2) is 3.16. The van der Waals surface area contributed by atoms with Crippen molar-refractivity contribution in [1.82, 2.24) is 0 Å². The molecule has 0 aromatic carbocycles. The van der Waals surface area contributed by atoms with Crippen LogP contribution in [0.3, 0.4) is 0 Å². The van der Waals surface area contributed by atoms with Gasteiger partial charge in [-0.1, -0.05) is 0 Å². The predicted octanol–water partition coefficient (Wildman–Crippen LogP) is 1.36. The molecule has 2 rings (SSSR count). The third kappa shape index (κ3) is 1.62. The summed E-state index contributed by atoms with van der Waals surface area (Å²) in [6.45, 7) is 2.56. The van der Waals surface area contributed by atoms with Crippen LogP contribution in [-0.4, -0.2) is 23.4 Å². The van der Waals surface area contributed by atoms with Gasteiger partial charge in [0.1, 0.15) is 0 Å². The minimum absolute atomic E-state index is 0.0811. The molecule has 72 valence electrons. The van der Waals surface area contributed by atoms with Gasteiger partial charge in [-0.25, -0.2) is 0 Å². The van der Waals surface area contributed by atoms with E-state index in [1.807, 2.05) is 13.0 Å². The van der Waals surface area contributed by atoms with Gasteiger partial charge in [0.25, 0.3) is 0 Å². The molecule has 0 saturated carbocycles. The summed E-state index contributed by atoms with van der Waals surface area (Å²) in [7, 11) is 0. The van der Waals surface area contributed by atoms with Crippen LogP contribution in [0.4, 0.5) is 0 Å². The highest BCUT2D eigenvalue weighted by Gasteiger charge is 2.39. The molecule has 0 radical (unpaired) electrons. The molecule has 1 aliphatic rings. The lowest BCUT2D eigenvalue weighted by atomic mass is 9.90. The highest BCUT2D eigenvalue weighted by atomic mass is 16.5. The summed E-state index contributed by atoms with van der Waals surface area (Å²) in [6, 6.07) is 1.88. The first-order valence-electron chi connectivity index (χ1n) is 4.56. The van der Waals surface area contributed by atoms with Crippen molar-refractivity contribution in [2.45, 2.75) is 31.5 Å². The molecule has 2 heterocycles. The quantitative estimate of drug-likeness (QED) is 0.751. The minimum Gasteiger partial charge on any atom is -0.472 e. The van der Waals surface area contributed by atoms with Crippen LogP contribution in [0.5, 0.6) is 0 Å². The minimum atomic E-state index is -0.704. The molecule has 3 heteroatoms. The first kappa shape index (κ1) is 8.78. The average Bonchev–Trinajstić information content (AvgIpc) is 2.65. The molecule has 0 amide bonds. The van der Waals surface area contributed by atoms with Crippen LogP contribution in [0.25, 0.3) is 0 Å². The maximum atomic E-state index is 10.2. The Morgan fingerprint density at radius 1 is 1.69 bits per heavy atom. The van der Waals surface area contributed by atoms with Crippen LogP contribution in [0.2, 0.25) is 0 Å². The third-order valence-corrected chi connectivity index (χ3v) is 2.75. The highest BCUT2D eigenvalue weighted by molar-refractivity contribution is 5.11. The fourth-order valence-corrected chi connectivity index (χ4v) is 1.75. The molecule has 0 spiro atoms. The largest absolute Gasteiger partial charge is 0.472 e. The van der Waals surface area contributed by atoms with Crippen molar-refractivity contribution in [3.63, 3.8) is 0 Å². The maximum absolute atomic E-state index is 10.2. The molecule has 3 nitrogen and oxygen atoms in total. The number of aliphatic hydroxyl groups is 1. The first-order chi connectivity index (χ1) is 6.21. The van der Waals surface area contributed by atoms with E-state index in [0.717, 1.165) is 5.56 Å².